The lowest BCUT2D eigenvalue weighted by molar-refractivity contribution is 0.0934. The van der Waals surface area contributed by atoms with Gasteiger partial charge in [-0.15, -0.1) is 0 Å². The number of nitrogens with two attached hydrogens (primary N) is 1. The van der Waals surface area contributed by atoms with Crippen LogP contribution in [0.1, 0.15) is 30.8 Å². The van der Waals surface area contributed by atoms with Gasteiger partial charge in [0.1, 0.15) is 5.69 Å². The number of nitrogens with zero attached hydrogens (tertiary/aromatic N) is 2. The molecule has 84 valence electrons. The summed E-state index contributed by atoms with van der Waals surface area (Å²) in [7, 11) is 0. The van der Waals surface area contributed by atoms with Crippen molar-refractivity contribution in [2.24, 2.45) is 5.73 Å². The van der Waals surface area contributed by atoms with Crippen LogP contribution in [0.15, 0.2) is 12.5 Å². The van der Waals surface area contributed by atoms with E-state index in [2.05, 4.69) is 10.3 Å². The highest BCUT2D eigenvalue weighted by Crippen LogP contribution is 1.98. The molecule has 5 heteroatoms. The van der Waals surface area contributed by atoms with Crippen molar-refractivity contribution in [1.29, 1.82) is 0 Å². The molecule has 0 aromatic carbocycles. The number of carbonyl (C=O) groups excluding carboxylic acids is 1. The summed E-state index contributed by atoms with van der Waals surface area (Å²) in [5, 5.41) is 2.86. The van der Waals surface area contributed by atoms with Crippen LogP contribution in [0.5, 0.6) is 0 Å². The first kappa shape index (κ1) is 11.7. The molecule has 1 amide bonds. The Morgan fingerprint density at radius 3 is 3.07 bits per heavy atom. The number of rotatable bonds is 5. The minimum Gasteiger partial charge on any atom is -0.348 e. The number of hydrogen-bond acceptors (Lipinski definition) is 3. The Bertz CT molecular complexity index is 321. The number of amides is 1. The van der Waals surface area contributed by atoms with E-state index in [0.717, 1.165) is 6.42 Å². The molecular formula is C10H18N4O. The maximum Gasteiger partial charge on any atom is 0.271 e. The van der Waals surface area contributed by atoms with Crippen molar-refractivity contribution in [1.82, 2.24) is 14.9 Å². The third kappa shape index (κ3) is 3.36. The zero-order valence-corrected chi connectivity index (χ0v) is 9.23. The zero-order chi connectivity index (χ0) is 11.3. The van der Waals surface area contributed by atoms with Gasteiger partial charge in [-0.1, -0.05) is 6.92 Å². The van der Waals surface area contributed by atoms with Gasteiger partial charge in [0.05, 0.1) is 6.33 Å². The average Bonchev–Trinajstić information content (AvgIpc) is 2.67. The Kier molecular flexibility index (Phi) is 4.30. The molecule has 1 aromatic heterocycles. The molecule has 0 aliphatic heterocycles. The van der Waals surface area contributed by atoms with E-state index in [4.69, 9.17) is 5.73 Å². The summed E-state index contributed by atoms with van der Waals surface area (Å²) in [4.78, 5) is 15.6. The maximum absolute atomic E-state index is 11.6. The highest BCUT2D eigenvalue weighted by atomic mass is 16.1. The van der Waals surface area contributed by atoms with Crippen molar-refractivity contribution in [2.45, 2.75) is 32.9 Å². The molecule has 5 nitrogen and oxygen atoms in total. The largest absolute Gasteiger partial charge is 0.348 e. The van der Waals surface area contributed by atoms with Crippen molar-refractivity contribution in [3.8, 4) is 0 Å². The molecular weight excluding hydrogens is 192 g/mol. The second-order valence-electron chi connectivity index (χ2n) is 3.57. The molecule has 1 atom stereocenters. The molecule has 1 aromatic rings. The van der Waals surface area contributed by atoms with Crippen molar-refractivity contribution >= 4 is 5.91 Å². The molecule has 3 N–H and O–H groups in total. The number of nitrogens with one attached hydrogen (secondary N) is 1. The van der Waals surface area contributed by atoms with Gasteiger partial charge in [0, 0.05) is 25.3 Å². The van der Waals surface area contributed by atoms with E-state index in [-0.39, 0.29) is 11.9 Å². The third-order valence-corrected chi connectivity index (χ3v) is 2.24. The number of carbonyl (C=O) groups is 1. The molecule has 0 saturated heterocycles. The lowest BCUT2D eigenvalue weighted by atomic mass is 10.2. The van der Waals surface area contributed by atoms with Crippen LogP contribution in [0.4, 0.5) is 0 Å². The number of aromatic nitrogens is 2. The monoisotopic (exact) mass is 210 g/mol. The first-order valence-electron chi connectivity index (χ1n) is 5.20. The lowest BCUT2D eigenvalue weighted by Crippen LogP contribution is -2.32. The molecule has 0 aliphatic carbocycles. The Morgan fingerprint density at radius 1 is 1.73 bits per heavy atom. The first-order valence-corrected chi connectivity index (χ1v) is 5.20. The van der Waals surface area contributed by atoms with Gasteiger partial charge in [-0.3, -0.25) is 4.79 Å². The van der Waals surface area contributed by atoms with E-state index < -0.39 is 0 Å². The molecule has 0 saturated carbocycles. The van der Waals surface area contributed by atoms with Crippen molar-refractivity contribution in [2.75, 3.05) is 6.54 Å². The number of imidazole rings is 1. The molecule has 1 unspecified atom stereocenters. The van der Waals surface area contributed by atoms with E-state index in [0.29, 0.717) is 18.8 Å². The van der Waals surface area contributed by atoms with Crippen LogP contribution < -0.4 is 11.1 Å². The molecule has 15 heavy (non-hydrogen) atoms. The third-order valence-electron chi connectivity index (χ3n) is 2.24. The fourth-order valence-corrected chi connectivity index (χ4v) is 1.15. The van der Waals surface area contributed by atoms with E-state index in [1.165, 1.54) is 0 Å². The standard InChI is InChI=1S/C10H18N4O/c1-3-8(2)13-10(15)9-6-14(5-4-11)7-12-9/h6-8H,3-5,11H2,1-2H3,(H,13,15). The van der Waals surface area contributed by atoms with Gasteiger partial charge >= 0.3 is 0 Å². The molecule has 1 rings (SSSR count). The van der Waals surface area contributed by atoms with Gasteiger partial charge in [-0.05, 0) is 13.3 Å². The predicted molar refractivity (Wildman–Crippen MR) is 58.5 cm³/mol. The lowest BCUT2D eigenvalue weighted by Gasteiger charge is -2.09. The normalized spacial score (nSPS) is 12.5. The van der Waals surface area contributed by atoms with Gasteiger partial charge in [-0.2, -0.15) is 0 Å². The van der Waals surface area contributed by atoms with E-state index in [1.807, 2.05) is 18.4 Å². The van der Waals surface area contributed by atoms with Gasteiger partial charge in [0.25, 0.3) is 5.91 Å². The van der Waals surface area contributed by atoms with Crippen LogP contribution in [0.2, 0.25) is 0 Å². The smallest absolute Gasteiger partial charge is 0.271 e. The summed E-state index contributed by atoms with van der Waals surface area (Å²) < 4.78 is 1.81. The Balaban J connectivity index is 2.58. The Hall–Kier alpha value is -1.36. The van der Waals surface area contributed by atoms with Crippen molar-refractivity contribution in [3.05, 3.63) is 18.2 Å². The van der Waals surface area contributed by atoms with Crippen LogP contribution in [-0.4, -0.2) is 28.0 Å². The van der Waals surface area contributed by atoms with Crippen LogP contribution in [-0.2, 0) is 6.54 Å². The fourth-order valence-electron chi connectivity index (χ4n) is 1.15. The predicted octanol–water partition coefficient (Wildman–Crippen LogP) is 0.370. The van der Waals surface area contributed by atoms with E-state index in [9.17, 15) is 4.79 Å². The van der Waals surface area contributed by atoms with E-state index >= 15 is 0 Å². The molecule has 0 fully saturated rings. The van der Waals surface area contributed by atoms with Crippen LogP contribution in [0, 0.1) is 0 Å². The second kappa shape index (κ2) is 5.50. The highest BCUT2D eigenvalue weighted by molar-refractivity contribution is 5.92. The van der Waals surface area contributed by atoms with Crippen molar-refractivity contribution in [3.63, 3.8) is 0 Å². The maximum atomic E-state index is 11.6. The summed E-state index contributed by atoms with van der Waals surface area (Å²) in [5.41, 5.74) is 5.85. The van der Waals surface area contributed by atoms with Crippen LogP contribution in [0.25, 0.3) is 0 Å². The van der Waals surface area contributed by atoms with E-state index in [1.54, 1.807) is 12.5 Å². The summed E-state index contributed by atoms with van der Waals surface area (Å²) in [6, 6.07) is 0.178. The Labute approximate surface area is 89.7 Å². The molecule has 0 bridgehead atoms. The number of hydrogen-bond donors (Lipinski definition) is 2. The summed E-state index contributed by atoms with van der Waals surface area (Å²) in [6.45, 7) is 5.22. The molecule has 0 spiro atoms. The minimum atomic E-state index is -0.125. The SMILES string of the molecule is CCC(C)NC(=O)c1cn(CCN)cn1. The summed E-state index contributed by atoms with van der Waals surface area (Å²) in [5.74, 6) is -0.125. The van der Waals surface area contributed by atoms with Gasteiger partial charge < -0.3 is 15.6 Å². The van der Waals surface area contributed by atoms with Crippen LogP contribution in [0.3, 0.4) is 0 Å². The zero-order valence-electron chi connectivity index (χ0n) is 9.23. The quantitative estimate of drug-likeness (QED) is 0.737. The minimum absolute atomic E-state index is 0.125. The summed E-state index contributed by atoms with van der Waals surface area (Å²) >= 11 is 0. The van der Waals surface area contributed by atoms with Gasteiger partial charge in [0.2, 0.25) is 0 Å². The van der Waals surface area contributed by atoms with Crippen molar-refractivity contribution < 1.29 is 4.79 Å². The molecule has 0 aliphatic rings. The van der Waals surface area contributed by atoms with Gasteiger partial charge in [-0.25, -0.2) is 4.98 Å². The fraction of sp³-hybridized carbons (Fsp3) is 0.600. The topological polar surface area (TPSA) is 72.9 Å². The molecule has 0 radical (unpaired) electrons. The van der Waals surface area contributed by atoms with Gasteiger partial charge in [0.15, 0.2) is 0 Å². The second-order valence-corrected chi connectivity index (χ2v) is 3.57. The Morgan fingerprint density at radius 2 is 2.47 bits per heavy atom. The summed E-state index contributed by atoms with van der Waals surface area (Å²) in [6.07, 6.45) is 4.25. The first-order chi connectivity index (χ1) is 7.17. The van der Waals surface area contributed by atoms with Crippen LogP contribution >= 0.6 is 0 Å². The molecule has 1 heterocycles. The average molecular weight is 210 g/mol. The highest BCUT2D eigenvalue weighted by Gasteiger charge is 2.10.